The van der Waals surface area contributed by atoms with Crippen LogP contribution in [0.25, 0.3) is 0 Å². The molecule has 0 amide bonds. The van der Waals surface area contributed by atoms with E-state index in [2.05, 4.69) is 20.7 Å². The van der Waals surface area contributed by atoms with Crippen molar-refractivity contribution in [3.63, 3.8) is 0 Å². The van der Waals surface area contributed by atoms with Crippen molar-refractivity contribution >= 4 is 5.96 Å². The van der Waals surface area contributed by atoms with Crippen LogP contribution in [0, 0.1) is 0 Å². The number of guanidine groups is 1. The topological polar surface area (TPSA) is 59.2 Å². The zero-order valence-electron chi connectivity index (χ0n) is 13.6. The maximum absolute atomic E-state index is 12.9. The van der Waals surface area contributed by atoms with Gasteiger partial charge in [-0.3, -0.25) is 4.68 Å². The molecule has 2 aromatic heterocycles. The number of nitrogens with one attached hydrogen (secondary N) is 2. The molecule has 0 saturated heterocycles. The maximum Gasteiger partial charge on any atom is 0.435 e. The summed E-state index contributed by atoms with van der Waals surface area (Å²) in [5, 5.41) is 9.60. The molecule has 0 unspecified atom stereocenters. The Hall–Kier alpha value is -2.45. The fourth-order valence-electron chi connectivity index (χ4n) is 2.22. The Morgan fingerprint density at radius 1 is 1.25 bits per heavy atom. The molecule has 0 saturated carbocycles. The van der Waals surface area contributed by atoms with Crippen LogP contribution in [-0.4, -0.2) is 33.4 Å². The normalized spacial score (nSPS) is 12.5. The molecule has 24 heavy (non-hydrogen) atoms. The van der Waals surface area contributed by atoms with Gasteiger partial charge in [0, 0.05) is 50.8 Å². The highest BCUT2D eigenvalue weighted by molar-refractivity contribution is 5.79. The monoisotopic (exact) mass is 342 g/mol. The molecule has 2 rings (SSSR count). The van der Waals surface area contributed by atoms with Crippen molar-refractivity contribution in [1.29, 1.82) is 0 Å². The van der Waals surface area contributed by atoms with Crippen LogP contribution < -0.4 is 10.6 Å². The summed E-state index contributed by atoms with van der Waals surface area (Å²) in [5.74, 6) is 0.474. The first kappa shape index (κ1) is 17.9. The second-order valence-corrected chi connectivity index (χ2v) is 5.22. The molecular weight excluding hydrogens is 321 g/mol. The number of hydrogen-bond donors (Lipinski definition) is 2. The summed E-state index contributed by atoms with van der Waals surface area (Å²) in [6.07, 6.45) is 0.746. The third kappa shape index (κ3) is 5.04. The number of halogens is 3. The second-order valence-electron chi connectivity index (χ2n) is 5.22. The summed E-state index contributed by atoms with van der Waals surface area (Å²) in [5.41, 5.74) is -0.843. The van der Waals surface area contributed by atoms with Gasteiger partial charge in [-0.2, -0.15) is 18.3 Å². The summed E-state index contributed by atoms with van der Waals surface area (Å²) in [4.78, 5) is 4.22. The number of aliphatic imine (C=N–C) groups is 1. The van der Waals surface area contributed by atoms with Crippen LogP contribution in [0.3, 0.4) is 0 Å². The summed E-state index contributed by atoms with van der Waals surface area (Å²) in [6.45, 7) is 3.77. The molecule has 0 fully saturated rings. The Bertz CT molecular complexity index is 657. The molecule has 6 nitrogen and oxygen atoms in total. The minimum absolute atomic E-state index is 0.0487. The van der Waals surface area contributed by atoms with Gasteiger partial charge in [-0.1, -0.05) is 0 Å². The summed E-state index contributed by atoms with van der Waals surface area (Å²) in [6, 6.07) is 3.86. The lowest BCUT2D eigenvalue weighted by Crippen LogP contribution is -2.38. The summed E-state index contributed by atoms with van der Waals surface area (Å²) < 4.78 is 42.0. The minimum atomic E-state index is -4.48. The lowest BCUT2D eigenvalue weighted by molar-refractivity contribution is -0.142. The largest absolute Gasteiger partial charge is 0.435 e. The third-order valence-electron chi connectivity index (χ3n) is 3.25. The van der Waals surface area contributed by atoms with Gasteiger partial charge in [0.1, 0.15) is 0 Å². The first-order valence-corrected chi connectivity index (χ1v) is 7.62. The maximum atomic E-state index is 12.9. The van der Waals surface area contributed by atoms with E-state index in [4.69, 9.17) is 0 Å². The van der Waals surface area contributed by atoms with E-state index in [0.717, 1.165) is 11.2 Å². The van der Waals surface area contributed by atoms with Crippen LogP contribution in [0.1, 0.15) is 18.2 Å². The molecule has 0 atom stereocenters. The van der Waals surface area contributed by atoms with E-state index in [-0.39, 0.29) is 12.1 Å². The predicted molar refractivity (Wildman–Crippen MR) is 85.5 cm³/mol. The molecule has 0 aliphatic carbocycles. The average molecular weight is 342 g/mol. The van der Waals surface area contributed by atoms with Crippen molar-refractivity contribution < 1.29 is 13.2 Å². The van der Waals surface area contributed by atoms with Gasteiger partial charge in [0.2, 0.25) is 0 Å². The smallest absolute Gasteiger partial charge is 0.357 e. The molecule has 2 N–H and O–H groups in total. The standard InChI is InChI=1S/C15H21F3N6/c1-3-19-14(20-6-9-24-7-4-5-8-24)21-10-12-11-23(2)22-13(12)15(16,17)18/h4-5,7-8,11H,3,6,9-10H2,1-2H3,(H2,19,20,21). The Morgan fingerprint density at radius 2 is 1.96 bits per heavy atom. The fraction of sp³-hybridized carbons (Fsp3) is 0.467. The molecular formula is C15H21F3N6. The van der Waals surface area contributed by atoms with Crippen LogP contribution in [-0.2, 0) is 26.3 Å². The van der Waals surface area contributed by atoms with Crippen LogP contribution in [0.5, 0.6) is 0 Å². The quantitative estimate of drug-likeness (QED) is 0.624. The zero-order chi connectivity index (χ0) is 17.6. The third-order valence-corrected chi connectivity index (χ3v) is 3.25. The molecule has 2 aromatic rings. The van der Waals surface area contributed by atoms with Gasteiger partial charge in [0.05, 0.1) is 6.54 Å². The Morgan fingerprint density at radius 3 is 2.58 bits per heavy atom. The lowest BCUT2D eigenvalue weighted by atomic mass is 10.2. The van der Waals surface area contributed by atoms with Crippen molar-refractivity contribution in [3.05, 3.63) is 42.0 Å². The molecule has 0 aliphatic rings. The highest BCUT2D eigenvalue weighted by Gasteiger charge is 2.36. The molecule has 132 valence electrons. The van der Waals surface area contributed by atoms with Crippen molar-refractivity contribution in [2.45, 2.75) is 26.2 Å². The minimum Gasteiger partial charge on any atom is -0.357 e. The van der Waals surface area contributed by atoms with Crippen molar-refractivity contribution in [1.82, 2.24) is 25.0 Å². The molecule has 9 heteroatoms. The molecule has 2 heterocycles. The second kappa shape index (κ2) is 7.89. The van der Waals surface area contributed by atoms with E-state index in [1.165, 1.54) is 13.2 Å². The van der Waals surface area contributed by atoms with Gasteiger partial charge in [-0.25, -0.2) is 4.99 Å². The number of nitrogens with zero attached hydrogens (tertiary/aromatic N) is 4. The molecule has 0 aliphatic heterocycles. The summed E-state index contributed by atoms with van der Waals surface area (Å²) >= 11 is 0. The number of hydrogen-bond acceptors (Lipinski definition) is 2. The predicted octanol–water partition coefficient (Wildman–Crippen LogP) is 2.00. The van der Waals surface area contributed by atoms with Gasteiger partial charge in [-0.15, -0.1) is 0 Å². The van der Waals surface area contributed by atoms with Crippen LogP contribution in [0.2, 0.25) is 0 Å². The zero-order valence-corrected chi connectivity index (χ0v) is 13.6. The van der Waals surface area contributed by atoms with Crippen LogP contribution in [0.4, 0.5) is 13.2 Å². The number of alkyl halides is 3. The molecule has 0 spiro atoms. The van der Waals surface area contributed by atoms with E-state index in [0.29, 0.717) is 19.0 Å². The van der Waals surface area contributed by atoms with Crippen molar-refractivity contribution in [3.8, 4) is 0 Å². The Labute approximate surface area is 138 Å². The fourth-order valence-corrected chi connectivity index (χ4v) is 2.22. The van der Waals surface area contributed by atoms with E-state index < -0.39 is 11.9 Å². The first-order valence-electron chi connectivity index (χ1n) is 7.62. The highest BCUT2D eigenvalue weighted by Crippen LogP contribution is 2.30. The van der Waals surface area contributed by atoms with Gasteiger partial charge in [0.25, 0.3) is 0 Å². The van der Waals surface area contributed by atoms with Gasteiger partial charge in [0.15, 0.2) is 11.7 Å². The molecule has 0 radical (unpaired) electrons. The first-order chi connectivity index (χ1) is 11.4. The van der Waals surface area contributed by atoms with E-state index in [1.807, 2.05) is 36.0 Å². The van der Waals surface area contributed by atoms with Gasteiger partial charge < -0.3 is 15.2 Å². The molecule has 0 bridgehead atoms. The average Bonchev–Trinajstić information content (AvgIpc) is 3.13. The molecule has 0 aromatic carbocycles. The Kier molecular flexibility index (Phi) is 5.88. The van der Waals surface area contributed by atoms with Crippen molar-refractivity contribution in [2.75, 3.05) is 13.1 Å². The highest BCUT2D eigenvalue weighted by atomic mass is 19.4. The number of aromatic nitrogens is 3. The SMILES string of the molecule is CCNC(=NCc1cn(C)nc1C(F)(F)F)NCCn1cccc1. The summed E-state index contributed by atoms with van der Waals surface area (Å²) in [7, 11) is 1.46. The lowest BCUT2D eigenvalue weighted by Gasteiger charge is -2.12. The van der Waals surface area contributed by atoms with Crippen molar-refractivity contribution in [2.24, 2.45) is 12.0 Å². The van der Waals surface area contributed by atoms with E-state index >= 15 is 0 Å². The number of rotatable bonds is 6. The Balaban J connectivity index is 2.00. The van der Waals surface area contributed by atoms with Crippen LogP contribution in [0.15, 0.2) is 35.7 Å². The van der Waals surface area contributed by atoms with E-state index in [1.54, 1.807) is 0 Å². The van der Waals surface area contributed by atoms with Crippen LogP contribution >= 0.6 is 0 Å². The number of aryl methyl sites for hydroxylation is 1. The van der Waals surface area contributed by atoms with E-state index in [9.17, 15) is 13.2 Å². The van der Waals surface area contributed by atoms with Gasteiger partial charge in [-0.05, 0) is 19.1 Å². The van der Waals surface area contributed by atoms with Gasteiger partial charge >= 0.3 is 6.18 Å².